The van der Waals surface area contributed by atoms with Crippen LogP contribution in [0, 0.1) is 17.0 Å². The van der Waals surface area contributed by atoms with Gasteiger partial charge in [-0.1, -0.05) is 26.0 Å². The molecule has 3 rings (SSSR count). The Balaban J connectivity index is 2.30. The van der Waals surface area contributed by atoms with Gasteiger partial charge < -0.3 is 14.7 Å². The normalized spacial score (nSPS) is 11.4. The average Bonchev–Trinajstić information content (AvgIpc) is 2.92. The zero-order valence-corrected chi connectivity index (χ0v) is 14.7. The van der Waals surface area contributed by atoms with Crippen molar-refractivity contribution in [2.75, 3.05) is 0 Å². The van der Waals surface area contributed by atoms with Gasteiger partial charge in [0.05, 0.1) is 36.0 Å². The third-order valence-electron chi connectivity index (χ3n) is 4.44. The first-order valence-corrected chi connectivity index (χ1v) is 8.10. The molecule has 0 spiro atoms. The molecule has 25 heavy (non-hydrogen) atoms. The SMILES string of the molecule is Cc1c(C(C)C)c(=O)c2ccccc2n1Cc1cn(C)nc1[N+](=O)[O-]. The second-order valence-corrected chi connectivity index (χ2v) is 6.49. The van der Waals surface area contributed by atoms with Crippen LogP contribution in [0.1, 0.15) is 36.6 Å². The van der Waals surface area contributed by atoms with E-state index < -0.39 is 4.92 Å². The molecule has 0 N–H and O–H groups in total. The van der Waals surface area contributed by atoms with E-state index in [0.29, 0.717) is 10.9 Å². The van der Waals surface area contributed by atoms with Gasteiger partial charge >= 0.3 is 5.82 Å². The number of hydrogen-bond donors (Lipinski definition) is 0. The minimum Gasteiger partial charge on any atom is -0.358 e. The van der Waals surface area contributed by atoms with Crippen molar-refractivity contribution in [3.8, 4) is 0 Å². The Hall–Kier alpha value is -2.96. The fourth-order valence-corrected chi connectivity index (χ4v) is 3.38. The van der Waals surface area contributed by atoms with Crippen LogP contribution < -0.4 is 5.43 Å². The number of fused-ring (bicyclic) bond motifs is 1. The fourth-order valence-electron chi connectivity index (χ4n) is 3.38. The monoisotopic (exact) mass is 340 g/mol. The Labute approximate surface area is 144 Å². The van der Waals surface area contributed by atoms with Crippen molar-refractivity contribution in [1.29, 1.82) is 0 Å². The number of hydrogen-bond acceptors (Lipinski definition) is 4. The lowest BCUT2D eigenvalue weighted by Gasteiger charge is -2.19. The third-order valence-corrected chi connectivity index (χ3v) is 4.44. The molecule has 0 bridgehead atoms. The van der Waals surface area contributed by atoms with Crippen molar-refractivity contribution < 1.29 is 4.92 Å². The number of nitro groups is 1. The van der Waals surface area contributed by atoms with Gasteiger partial charge in [-0.05, 0) is 29.9 Å². The van der Waals surface area contributed by atoms with E-state index >= 15 is 0 Å². The molecule has 2 heterocycles. The molecule has 0 aliphatic carbocycles. The molecular formula is C18H20N4O3. The first-order valence-electron chi connectivity index (χ1n) is 8.10. The van der Waals surface area contributed by atoms with E-state index in [4.69, 9.17) is 0 Å². The van der Waals surface area contributed by atoms with E-state index in [0.717, 1.165) is 16.8 Å². The Kier molecular flexibility index (Phi) is 4.16. The molecule has 3 aromatic rings. The number of aromatic nitrogens is 3. The summed E-state index contributed by atoms with van der Waals surface area (Å²) in [5.41, 5.74) is 2.88. The summed E-state index contributed by atoms with van der Waals surface area (Å²) >= 11 is 0. The molecule has 2 aromatic heterocycles. The van der Waals surface area contributed by atoms with E-state index in [1.165, 1.54) is 4.68 Å². The number of pyridine rings is 1. The van der Waals surface area contributed by atoms with Crippen molar-refractivity contribution in [3.05, 3.63) is 67.6 Å². The largest absolute Gasteiger partial charge is 0.394 e. The topological polar surface area (TPSA) is 83.0 Å². The second-order valence-electron chi connectivity index (χ2n) is 6.49. The number of aryl methyl sites for hydroxylation is 1. The summed E-state index contributed by atoms with van der Waals surface area (Å²) in [5.74, 6) is -0.0944. The number of para-hydroxylation sites is 1. The van der Waals surface area contributed by atoms with E-state index in [9.17, 15) is 14.9 Å². The summed E-state index contributed by atoms with van der Waals surface area (Å²) in [5, 5.41) is 15.8. The Morgan fingerprint density at radius 2 is 1.96 bits per heavy atom. The van der Waals surface area contributed by atoms with E-state index in [1.54, 1.807) is 19.3 Å². The summed E-state index contributed by atoms with van der Waals surface area (Å²) < 4.78 is 3.41. The van der Waals surface area contributed by atoms with Crippen molar-refractivity contribution in [2.45, 2.75) is 33.2 Å². The van der Waals surface area contributed by atoms with Gasteiger partial charge in [0.1, 0.15) is 0 Å². The smallest absolute Gasteiger partial charge is 0.358 e. The van der Waals surface area contributed by atoms with Gasteiger partial charge in [-0.25, -0.2) is 0 Å². The molecule has 0 aliphatic rings. The summed E-state index contributed by atoms with van der Waals surface area (Å²) in [6.45, 7) is 6.15. The van der Waals surface area contributed by atoms with Crippen molar-refractivity contribution in [1.82, 2.24) is 14.3 Å². The second kappa shape index (κ2) is 6.16. The van der Waals surface area contributed by atoms with Crippen LogP contribution in [-0.2, 0) is 13.6 Å². The molecule has 7 nitrogen and oxygen atoms in total. The van der Waals surface area contributed by atoms with E-state index in [-0.39, 0.29) is 23.7 Å². The minimum atomic E-state index is -0.473. The maximum Gasteiger partial charge on any atom is 0.394 e. The molecule has 0 fully saturated rings. The Morgan fingerprint density at radius 1 is 1.28 bits per heavy atom. The lowest BCUT2D eigenvalue weighted by molar-refractivity contribution is -0.390. The number of nitrogens with zero attached hydrogens (tertiary/aromatic N) is 4. The maximum atomic E-state index is 12.8. The summed E-state index contributed by atoms with van der Waals surface area (Å²) in [7, 11) is 1.66. The van der Waals surface area contributed by atoms with Gasteiger partial charge in [0.25, 0.3) is 0 Å². The van der Waals surface area contributed by atoms with Gasteiger partial charge in [0.15, 0.2) is 5.43 Å². The van der Waals surface area contributed by atoms with E-state index in [1.807, 2.05) is 43.5 Å². The summed E-state index contributed by atoms with van der Waals surface area (Å²) in [6, 6.07) is 7.37. The highest BCUT2D eigenvalue weighted by Gasteiger charge is 2.22. The van der Waals surface area contributed by atoms with Crippen molar-refractivity contribution >= 4 is 16.7 Å². The highest BCUT2D eigenvalue weighted by atomic mass is 16.6. The first-order chi connectivity index (χ1) is 11.8. The zero-order chi connectivity index (χ0) is 18.3. The molecule has 0 saturated carbocycles. The number of rotatable bonds is 4. The molecule has 130 valence electrons. The standard InChI is InChI=1S/C18H20N4O3/c1-11(2)16-12(3)21(15-8-6-5-7-14(15)17(16)23)10-13-9-20(4)19-18(13)22(24)25/h5-9,11H,10H2,1-4H3. The molecule has 0 unspecified atom stereocenters. The van der Waals surface area contributed by atoms with Gasteiger partial charge in [0, 0.05) is 16.6 Å². The molecule has 0 radical (unpaired) electrons. The van der Waals surface area contributed by atoms with Crippen LogP contribution in [0.3, 0.4) is 0 Å². The molecule has 0 amide bonds. The van der Waals surface area contributed by atoms with Crippen LogP contribution in [0.5, 0.6) is 0 Å². The highest BCUT2D eigenvalue weighted by molar-refractivity contribution is 5.80. The molecule has 7 heteroatoms. The van der Waals surface area contributed by atoms with Crippen LogP contribution in [0.15, 0.2) is 35.3 Å². The van der Waals surface area contributed by atoms with Gasteiger partial charge in [-0.3, -0.25) is 4.79 Å². The maximum absolute atomic E-state index is 12.8. The molecule has 1 aromatic carbocycles. The zero-order valence-electron chi connectivity index (χ0n) is 14.7. The first kappa shape index (κ1) is 16.9. The Morgan fingerprint density at radius 3 is 2.60 bits per heavy atom. The average molecular weight is 340 g/mol. The van der Waals surface area contributed by atoms with Gasteiger partial charge in [0.2, 0.25) is 0 Å². The van der Waals surface area contributed by atoms with Crippen LogP contribution in [0.2, 0.25) is 0 Å². The molecule has 0 aliphatic heterocycles. The van der Waals surface area contributed by atoms with Gasteiger partial charge in [-0.2, -0.15) is 4.68 Å². The fraction of sp³-hybridized carbons (Fsp3) is 0.333. The van der Waals surface area contributed by atoms with E-state index in [2.05, 4.69) is 5.10 Å². The summed E-state index contributed by atoms with van der Waals surface area (Å²) in [4.78, 5) is 23.6. The van der Waals surface area contributed by atoms with Crippen LogP contribution in [0.4, 0.5) is 5.82 Å². The number of benzene rings is 1. The lowest BCUT2D eigenvalue weighted by Crippen LogP contribution is -2.20. The van der Waals surface area contributed by atoms with Crippen LogP contribution in [0.25, 0.3) is 10.9 Å². The van der Waals surface area contributed by atoms with Crippen molar-refractivity contribution in [2.24, 2.45) is 7.05 Å². The van der Waals surface area contributed by atoms with Gasteiger partial charge in [-0.15, -0.1) is 0 Å². The molecule has 0 saturated heterocycles. The van der Waals surface area contributed by atoms with Crippen molar-refractivity contribution in [3.63, 3.8) is 0 Å². The Bertz CT molecular complexity index is 1030. The van der Waals surface area contributed by atoms with Crippen LogP contribution in [-0.4, -0.2) is 19.3 Å². The predicted molar refractivity (Wildman–Crippen MR) is 96.0 cm³/mol. The third kappa shape index (κ3) is 2.82. The molecular weight excluding hydrogens is 320 g/mol. The highest BCUT2D eigenvalue weighted by Crippen LogP contribution is 2.24. The molecule has 0 atom stereocenters. The quantitative estimate of drug-likeness (QED) is 0.539. The lowest BCUT2D eigenvalue weighted by atomic mass is 9.98. The predicted octanol–water partition coefficient (Wildman–Crippen LogP) is 3.12. The van der Waals surface area contributed by atoms with Crippen LogP contribution >= 0.6 is 0 Å². The minimum absolute atomic E-state index is 0.0278. The summed E-state index contributed by atoms with van der Waals surface area (Å²) in [6.07, 6.45) is 1.65.